The summed E-state index contributed by atoms with van der Waals surface area (Å²) in [5, 5.41) is 20.1. The van der Waals surface area contributed by atoms with Crippen LogP contribution in [0.15, 0.2) is 36.9 Å². The molecule has 3 heterocycles. The second-order valence-electron chi connectivity index (χ2n) is 14.8. The maximum atomic E-state index is 13.9. The number of amides is 6. The zero-order valence-electron chi connectivity index (χ0n) is 34.9. The van der Waals surface area contributed by atoms with E-state index in [0.717, 1.165) is 5.69 Å². The second-order valence-corrected chi connectivity index (χ2v) is 16.2. The fourth-order valence-electron chi connectivity index (χ4n) is 6.37. The largest absolute Gasteiger partial charge is 0.472 e. The Morgan fingerprint density at radius 1 is 0.984 bits per heavy atom. The first-order chi connectivity index (χ1) is 29.0. The minimum atomic E-state index is -4.76. The van der Waals surface area contributed by atoms with E-state index < -0.39 is 80.3 Å². The van der Waals surface area contributed by atoms with E-state index in [4.69, 9.17) is 24.3 Å². The number of methoxy groups -OCH3 is 1. The second kappa shape index (κ2) is 25.8. The van der Waals surface area contributed by atoms with Gasteiger partial charge >= 0.3 is 7.82 Å². The number of hydrogen-bond donors (Lipinski definition) is 8. The number of phosphoric ester groups is 1. The average Bonchev–Trinajstić information content (AvgIpc) is 3.93. The number of aromatic amines is 1. The maximum absolute atomic E-state index is 13.9. The van der Waals surface area contributed by atoms with Crippen LogP contribution in [0, 0.1) is 5.92 Å². The molecule has 1 unspecified atom stereocenters. The van der Waals surface area contributed by atoms with Crippen LogP contribution in [-0.2, 0) is 64.7 Å². The van der Waals surface area contributed by atoms with Gasteiger partial charge in [0.1, 0.15) is 30.2 Å². The molecule has 0 spiro atoms. The summed E-state index contributed by atoms with van der Waals surface area (Å²) in [4.78, 5) is 103. The van der Waals surface area contributed by atoms with Crippen LogP contribution >= 0.6 is 7.82 Å². The molecule has 7 atom stereocenters. The lowest BCUT2D eigenvalue weighted by Crippen LogP contribution is -2.61. The normalized spacial score (nSPS) is 17.4. The van der Waals surface area contributed by atoms with E-state index in [1.807, 2.05) is 13.8 Å². The molecule has 0 aromatic carbocycles. The van der Waals surface area contributed by atoms with Crippen molar-refractivity contribution in [1.29, 1.82) is 0 Å². The van der Waals surface area contributed by atoms with Gasteiger partial charge in [-0.1, -0.05) is 19.9 Å². The number of likely N-dealkylation sites (tertiary alicyclic amines) is 1. The van der Waals surface area contributed by atoms with Gasteiger partial charge < -0.3 is 56.4 Å². The zero-order chi connectivity index (χ0) is 45.0. The molecule has 0 radical (unpaired) electrons. The van der Waals surface area contributed by atoms with E-state index in [-0.39, 0.29) is 44.3 Å². The van der Waals surface area contributed by atoms with Crippen molar-refractivity contribution in [3.63, 3.8) is 0 Å². The summed E-state index contributed by atoms with van der Waals surface area (Å²) in [5.74, 6) is -4.87. The molecule has 340 valence electrons. The van der Waals surface area contributed by atoms with Crippen LogP contribution in [0.2, 0.25) is 0 Å². The summed E-state index contributed by atoms with van der Waals surface area (Å²) in [6.07, 6.45) is 4.64. The van der Waals surface area contributed by atoms with E-state index in [2.05, 4.69) is 36.2 Å². The summed E-state index contributed by atoms with van der Waals surface area (Å²) in [5.41, 5.74) is 6.64. The first-order valence-corrected chi connectivity index (χ1v) is 21.5. The number of aliphatic hydroxyl groups excluding tert-OH is 1. The van der Waals surface area contributed by atoms with Gasteiger partial charge in [-0.3, -0.25) is 42.8 Å². The van der Waals surface area contributed by atoms with Crippen molar-refractivity contribution >= 4 is 43.3 Å². The van der Waals surface area contributed by atoms with Crippen molar-refractivity contribution in [3.8, 4) is 0 Å². The molecule has 1 fully saturated rings. The number of nitrogens with two attached hydrogens (primary N) is 1. The third-order valence-corrected chi connectivity index (χ3v) is 10.6. The molecule has 6 amide bonds. The fraction of sp³-hybridized carbons (Fsp3) is 0.632. The van der Waals surface area contributed by atoms with E-state index >= 15 is 0 Å². The van der Waals surface area contributed by atoms with Crippen LogP contribution in [0.3, 0.4) is 0 Å². The molecule has 1 saturated heterocycles. The summed E-state index contributed by atoms with van der Waals surface area (Å²) in [6.45, 7) is 4.89. The Morgan fingerprint density at radius 2 is 1.70 bits per heavy atom. The van der Waals surface area contributed by atoms with Crippen LogP contribution in [0.4, 0.5) is 0 Å². The number of pyridine rings is 1. The molecule has 0 bridgehead atoms. The van der Waals surface area contributed by atoms with Crippen LogP contribution in [0.1, 0.15) is 64.3 Å². The zero-order valence-corrected chi connectivity index (χ0v) is 35.8. The predicted octanol–water partition coefficient (Wildman–Crippen LogP) is -0.991. The minimum absolute atomic E-state index is 0.0602. The third-order valence-electron chi connectivity index (χ3n) is 9.47. The quantitative estimate of drug-likeness (QED) is 0.0376. The van der Waals surface area contributed by atoms with Crippen molar-refractivity contribution in [2.45, 2.75) is 102 Å². The van der Waals surface area contributed by atoms with Gasteiger partial charge in [-0.2, -0.15) is 0 Å². The van der Waals surface area contributed by atoms with Crippen molar-refractivity contribution in [2.75, 3.05) is 46.7 Å². The number of nitrogens with one attached hydrogen (secondary N) is 5. The molecule has 1 aliphatic rings. The summed E-state index contributed by atoms with van der Waals surface area (Å²) in [6, 6.07) is -1.47. The molecular formula is C38H60N9O13P. The number of H-pyrrole nitrogens is 1. The highest BCUT2D eigenvalue weighted by molar-refractivity contribution is 7.47. The highest BCUT2D eigenvalue weighted by atomic mass is 31.2. The third kappa shape index (κ3) is 17.6. The number of hydrogen-bond acceptors (Lipinski definition) is 14. The molecule has 23 heteroatoms. The lowest BCUT2D eigenvalue weighted by molar-refractivity contribution is -0.140. The SMILES string of the molecule is COCCOCCC(=O)N1CCC[C@H]1C(=O)N[C@@H](CC(C)C)C(=O)N[C@@H](Cc1cnc[nH]1)C(=O)N[C@@H](CO)C(=O)N[C@H](C(N)=O)[C@@H](C)OP(=O)(O)OCCCc1ccccn1. The molecular weight excluding hydrogens is 821 g/mol. The Labute approximate surface area is 354 Å². The van der Waals surface area contributed by atoms with Gasteiger partial charge in [-0.25, -0.2) is 9.55 Å². The van der Waals surface area contributed by atoms with Gasteiger partial charge in [0.25, 0.3) is 0 Å². The van der Waals surface area contributed by atoms with Gasteiger partial charge in [-0.05, 0) is 57.1 Å². The molecule has 2 aromatic heterocycles. The van der Waals surface area contributed by atoms with Crippen LogP contribution in [0.5, 0.6) is 0 Å². The lowest BCUT2D eigenvalue weighted by atomic mass is 10.0. The minimum Gasteiger partial charge on any atom is -0.394 e. The smallest absolute Gasteiger partial charge is 0.394 e. The number of nitrogens with zero attached hydrogens (tertiary/aromatic N) is 3. The Morgan fingerprint density at radius 3 is 2.34 bits per heavy atom. The number of aliphatic hydroxyl groups is 1. The van der Waals surface area contributed by atoms with E-state index in [1.54, 1.807) is 24.4 Å². The van der Waals surface area contributed by atoms with Gasteiger partial charge in [0.15, 0.2) is 0 Å². The Kier molecular flexibility index (Phi) is 21.4. The summed E-state index contributed by atoms with van der Waals surface area (Å²) < 4.78 is 33.1. The topological polar surface area (TPSA) is 316 Å². The fourth-order valence-corrected chi connectivity index (χ4v) is 7.34. The lowest BCUT2D eigenvalue weighted by Gasteiger charge is -2.29. The number of ether oxygens (including phenoxy) is 2. The highest BCUT2D eigenvalue weighted by Crippen LogP contribution is 2.45. The van der Waals surface area contributed by atoms with E-state index in [0.29, 0.717) is 51.1 Å². The van der Waals surface area contributed by atoms with Crippen molar-refractivity contribution in [3.05, 3.63) is 48.3 Å². The number of rotatable bonds is 28. The molecule has 0 saturated carbocycles. The average molecular weight is 882 g/mol. The summed E-state index contributed by atoms with van der Waals surface area (Å²) in [7, 11) is -3.23. The van der Waals surface area contributed by atoms with Gasteiger partial charge in [0.2, 0.25) is 35.4 Å². The first-order valence-electron chi connectivity index (χ1n) is 20.1. The van der Waals surface area contributed by atoms with Crippen LogP contribution < -0.4 is 27.0 Å². The standard InChI is InChI=1S/C38H60N9O13P/c1-24(2)19-28(44-38(54)31-11-7-14-47(31)32(49)12-16-58-18-17-57-4)35(51)43-29(20-27-21-40-23-42-27)36(52)45-30(22-48)37(53)46-33(34(39)50)25(3)60-61(55,56)59-15-8-10-26-9-5-6-13-41-26/h5-6,9,13,21,23-25,28-31,33,48H,7-8,10-12,14-20,22H2,1-4H3,(H2,39,50)(H,40,42)(H,43,51)(H,44,54)(H,45,52)(H,46,53)(H,55,56)/t25-,28+,29+,30+,31+,33+/m1/s1. The van der Waals surface area contributed by atoms with Crippen LogP contribution in [-0.4, -0.2) is 148 Å². The molecule has 9 N–H and O–H groups in total. The van der Waals surface area contributed by atoms with Gasteiger partial charge in [-0.15, -0.1) is 0 Å². The molecule has 2 aromatic rings. The van der Waals surface area contributed by atoms with Crippen molar-refractivity contribution in [1.82, 2.24) is 41.1 Å². The summed E-state index contributed by atoms with van der Waals surface area (Å²) >= 11 is 0. The van der Waals surface area contributed by atoms with Gasteiger partial charge in [0.05, 0.1) is 51.9 Å². The highest BCUT2D eigenvalue weighted by Gasteiger charge is 2.38. The van der Waals surface area contributed by atoms with E-state index in [1.165, 1.54) is 31.5 Å². The number of imidazole rings is 1. The molecule has 3 rings (SSSR count). The number of phosphoric acid groups is 1. The number of carbonyl (C=O) groups excluding carboxylic acids is 6. The monoisotopic (exact) mass is 881 g/mol. The Bertz CT molecular complexity index is 1760. The van der Waals surface area contributed by atoms with Crippen molar-refractivity contribution < 1.29 is 61.9 Å². The number of aromatic nitrogens is 3. The Hall–Kier alpha value is -4.83. The van der Waals surface area contributed by atoms with E-state index in [9.17, 15) is 43.3 Å². The molecule has 0 aliphatic carbocycles. The maximum Gasteiger partial charge on any atom is 0.472 e. The Balaban J connectivity index is 1.66. The predicted molar refractivity (Wildman–Crippen MR) is 217 cm³/mol. The van der Waals surface area contributed by atoms with Crippen molar-refractivity contribution in [2.24, 2.45) is 11.7 Å². The molecule has 61 heavy (non-hydrogen) atoms. The van der Waals surface area contributed by atoms with Gasteiger partial charge in [0, 0.05) is 43.9 Å². The first kappa shape index (κ1) is 50.5. The number of aryl methyl sites for hydroxylation is 1. The molecule has 1 aliphatic heterocycles. The molecule has 22 nitrogen and oxygen atoms in total. The number of carbonyl (C=O) groups is 6. The number of primary amides is 1. The van der Waals surface area contributed by atoms with Crippen LogP contribution in [0.25, 0.3) is 0 Å².